The van der Waals surface area contributed by atoms with Crippen molar-refractivity contribution in [2.24, 2.45) is 5.92 Å². The molecule has 5 heterocycles. The quantitative estimate of drug-likeness (QED) is 0.305. The molecule has 0 radical (unpaired) electrons. The number of benzene rings is 3. The van der Waals surface area contributed by atoms with Gasteiger partial charge in [-0.2, -0.15) is 0 Å². The Hall–Kier alpha value is -4.07. The molecule has 5 aliphatic rings. The maximum Gasteiger partial charge on any atom is 0.268 e. The fourth-order valence-electron chi connectivity index (χ4n) is 10.0. The zero-order chi connectivity index (χ0) is 36.4. The highest BCUT2D eigenvalue weighted by Gasteiger charge is 2.67. The highest BCUT2D eigenvalue weighted by molar-refractivity contribution is 6.71. The fraction of sp³-hybridized carbons (Fsp3) is 0.475. The minimum atomic E-state index is -3.04. The number of piperidine rings is 1. The Balaban J connectivity index is 1.23. The molecule has 11 nitrogen and oxygen atoms in total. The fourth-order valence-corrected chi connectivity index (χ4v) is 12.6. The predicted molar refractivity (Wildman–Crippen MR) is 202 cm³/mol. The summed E-state index contributed by atoms with van der Waals surface area (Å²) in [7, 11) is -3.04. The van der Waals surface area contributed by atoms with E-state index >= 15 is 4.79 Å². The van der Waals surface area contributed by atoms with Crippen LogP contribution in [0.25, 0.3) is 0 Å². The number of carbonyl (C=O) groups is 3. The van der Waals surface area contributed by atoms with Crippen LogP contribution in [0, 0.1) is 5.92 Å². The number of fused-ring (bicyclic) bond motifs is 2. The van der Waals surface area contributed by atoms with Gasteiger partial charge < -0.3 is 29.8 Å². The third kappa shape index (κ3) is 5.33. The molecule has 8 rings (SSSR count). The van der Waals surface area contributed by atoms with Crippen LogP contribution in [0.15, 0.2) is 78.9 Å². The number of para-hydroxylation sites is 2. The number of nitrogens with zero attached hydrogens (tertiary/aromatic N) is 4. The molecule has 12 heteroatoms. The van der Waals surface area contributed by atoms with Crippen molar-refractivity contribution in [2.75, 3.05) is 47.6 Å². The number of hydrogen-bond donors (Lipinski definition) is 3. The SMILES string of the molecule is C[C@@H]1[C@@H]([Si](C)(C)O)[C@H](CC(=O)N2CCC[C@H]2CO)O[C@@]12C(=O)N(c1ccccc1)c1ccc(N3CN(c4ccccc4)C4(CCNCC4)C3=O)cc12. The first-order valence-corrected chi connectivity index (χ1v) is 21.7. The molecule has 274 valence electrons. The maximum absolute atomic E-state index is 15.1. The Kier molecular flexibility index (Phi) is 8.81. The smallest absolute Gasteiger partial charge is 0.268 e. The predicted octanol–water partition coefficient (Wildman–Crippen LogP) is 4.47. The van der Waals surface area contributed by atoms with Gasteiger partial charge >= 0.3 is 0 Å². The number of aliphatic hydroxyl groups excluding tert-OH is 1. The Labute approximate surface area is 306 Å². The topological polar surface area (TPSA) is 126 Å². The first kappa shape index (κ1) is 35.0. The summed E-state index contributed by atoms with van der Waals surface area (Å²) in [6, 6.07) is 25.1. The first-order chi connectivity index (χ1) is 25.0. The van der Waals surface area contributed by atoms with Gasteiger partial charge in [0.25, 0.3) is 11.8 Å². The van der Waals surface area contributed by atoms with Gasteiger partial charge in [-0.25, -0.2) is 0 Å². The van der Waals surface area contributed by atoms with Crippen LogP contribution in [0.5, 0.6) is 0 Å². The minimum absolute atomic E-state index is 0.00505. The van der Waals surface area contributed by atoms with Crippen LogP contribution in [0.2, 0.25) is 18.6 Å². The van der Waals surface area contributed by atoms with E-state index in [0.717, 1.165) is 31.6 Å². The van der Waals surface area contributed by atoms with Crippen molar-refractivity contribution >= 4 is 48.8 Å². The highest BCUT2D eigenvalue weighted by atomic mass is 28.4. The first-order valence-electron chi connectivity index (χ1n) is 18.7. The van der Waals surface area contributed by atoms with E-state index in [0.29, 0.717) is 48.7 Å². The Morgan fingerprint density at radius 1 is 0.942 bits per heavy atom. The van der Waals surface area contributed by atoms with E-state index in [1.165, 1.54) is 0 Å². The lowest BCUT2D eigenvalue weighted by Gasteiger charge is -2.39. The van der Waals surface area contributed by atoms with Gasteiger partial charge in [0.2, 0.25) is 5.91 Å². The number of rotatable bonds is 7. The van der Waals surface area contributed by atoms with E-state index in [4.69, 9.17) is 4.74 Å². The minimum Gasteiger partial charge on any atom is -0.432 e. The number of hydrogen-bond acceptors (Lipinski definition) is 8. The largest absolute Gasteiger partial charge is 0.432 e. The second-order valence-electron chi connectivity index (χ2n) is 15.7. The van der Waals surface area contributed by atoms with Crippen LogP contribution in [0.4, 0.5) is 22.7 Å². The van der Waals surface area contributed by atoms with Gasteiger partial charge in [0, 0.05) is 40.6 Å². The lowest BCUT2D eigenvalue weighted by atomic mass is 9.82. The van der Waals surface area contributed by atoms with Gasteiger partial charge in [-0.1, -0.05) is 43.3 Å². The zero-order valence-corrected chi connectivity index (χ0v) is 31.2. The number of nitrogens with one attached hydrogen (secondary N) is 1. The Morgan fingerprint density at radius 3 is 2.27 bits per heavy atom. The molecule has 5 aliphatic heterocycles. The molecule has 3 N–H and O–H groups in total. The van der Waals surface area contributed by atoms with Gasteiger partial charge in [-0.15, -0.1) is 0 Å². The summed E-state index contributed by atoms with van der Waals surface area (Å²) in [6.45, 7) is 7.98. The van der Waals surface area contributed by atoms with E-state index in [1.807, 2.05) is 91.6 Å². The van der Waals surface area contributed by atoms with Gasteiger partial charge in [0.15, 0.2) is 13.9 Å². The van der Waals surface area contributed by atoms with Crippen LogP contribution in [-0.4, -0.2) is 91.4 Å². The summed E-state index contributed by atoms with van der Waals surface area (Å²) in [5.41, 5.74) is 1.02. The van der Waals surface area contributed by atoms with Crippen molar-refractivity contribution in [3.05, 3.63) is 84.4 Å². The van der Waals surface area contributed by atoms with Crippen LogP contribution >= 0.6 is 0 Å². The van der Waals surface area contributed by atoms with E-state index in [-0.39, 0.29) is 36.8 Å². The number of amides is 3. The van der Waals surface area contributed by atoms with Gasteiger partial charge in [-0.3, -0.25) is 24.2 Å². The molecule has 5 atom stereocenters. The molecular formula is C40H49N5O6Si. The molecule has 3 aromatic rings. The molecule has 4 fully saturated rings. The van der Waals surface area contributed by atoms with Crippen molar-refractivity contribution in [1.82, 2.24) is 10.2 Å². The second kappa shape index (κ2) is 13.1. The standard InChI is InChI=1S/C40H49N5O6Si/c1-27-36(52(2,3)50)34(24-35(47)42-22-10-15-31(42)25-46)51-40(27)32-23-30(16-17-33(32)45(38(40)49)29-13-8-5-9-14-29)43-26-44(28-11-6-4-7-12-28)39(37(43)48)18-20-41-21-19-39/h4-9,11-14,16-17,23,27,31,34,36,41,46,50H,10,15,18-22,24-26H2,1-3H3/t27-,31+,34+,36-,40+/m1/s1. The Bertz CT molecular complexity index is 1850. The summed E-state index contributed by atoms with van der Waals surface area (Å²) in [5.74, 6) is -0.847. The molecule has 52 heavy (non-hydrogen) atoms. The van der Waals surface area contributed by atoms with E-state index in [1.54, 1.807) is 9.80 Å². The van der Waals surface area contributed by atoms with Crippen LogP contribution in [0.1, 0.15) is 44.6 Å². The molecule has 0 saturated carbocycles. The number of ether oxygens (including phenoxy) is 1. The summed E-state index contributed by atoms with van der Waals surface area (Å²) < 4.78 is 7.05. The van der Waals surface area contributed by atoms with Crippen molar-refractivity contribution in [1.29, 1.82) is 0 Å². The highest BCUT2D eigenvalue weighted by Crippen LogP contribution is 2.61. The van der Waals surface area contributed by atoms with Crippen molar-refractivity contribution in [2.45, 2.75) is 80.9 Å². The van der Waals surface area contributed by atoms with E-state index in [9.17, 15) is 19.5 Å². The summed E-state index contributed by atoms with van der Waals surface area (Å²) in [4.78, 5) is 63.0. The molecule has 4 saturated heterocycles. The van der Waals surface area contributed by atoms with E-state index in [2.05, 4.69) is 22.3 Å². The number of aliphatic hydroxyl groups is 1. The van der Waals surface area contributed by atoms with Crippen molar-refractivity contribution in [3.63, 3.8) is 0 Å². The molecule has 0 aliphatic carbocycles. The summed E-state index contributed by atoms with van der Waals surface area (Å²) in [5, 5.41) is 13.4. The van der Waals surface area contributed by atoms with Gasteiger partial charge in [0.1, 0.15) is 5.54 Å². The molecule has 3 aromatic carbocycles. The third-order valence-corrected chi connectivity index (χ3v) is 14.9. The van der Waals surface area contributed by atoms with Gasteiger partial charge in [0.05, 0.1) is 37.5 Å². The molecule has 3 amide bonds. The monoisotopic (exact) mass is 723 g/mol. The average Bonchev–Trinajstić information content (AvgIpc) is 3.88. The molecule has 0 unspecified atom stereocenters. The lowest BCUT2D eigenvalue weighted by Crippen LogP contribution is -2.55. The van der Waals surface area contributed by atoms with Crippen LogP contribution < -0.4 is 20.0 Å². The van der Waals surface area contributed by atoms with Crippen LogP contribution in [0.3, 0.4) is 0 Å². The van der Waals surface area contributed by atoms with Crippen molar-refractivity contribution < 1.29 is 29.0 Å². The second-order valence-corrected chi connectivity index (χ2v) is 19.7. The normalized spacial score (nSPS) is 28.5. The number of anilines is 4. The Morgan fingerprint density at radius 2 is 1.62 bits per heavy atom. The maximum atomic E-state index is 15.1. The molecule has 0 bridgehead atoms. The summed E-state index contributed by atoms with van der Waals surface area (Å²) >= 11 is 0. The van der Waals surface area contributed by atoms with E-state index < -0.39 is 37.0 Å². The van der Waals surface area contributed by atoms with Gasteiger partial charge in [-0.05, 0) is 94.3 Å². The number of carbonyl (C=O) groups excluding carboxylic acids is 3. The zero-order valence-electron chi connectivity index (χ0n) is 30.2. The molecular weight excluding hydrogens is 675 g/mol. The van der Waals surface area contributed by atoms with Crippen molar-refractivity contribution in [3.8, 4) is 0 Å². The molecule has 2 spiro atoms. The lowest BCUT2D eigenvalue weighted by molar-refractivity contribution is -0.149. The summed E-state index contributed by atoms with van der Waals surface area (Å²) in [6.07, 6.45) is 2.20. The van der Waals surface area contributed by atoms with Crippen LogP contribution in [-0.2, 0) is 24.7 Å². The average molecular weight is 724 g/mol. The number of likely N-dealkylation sites (tertiary alicyclic amines) is 1. The molecule has 0 aromatic heterocycles. The third-order valence-electron chi connectivity index (χ3n) is 12.4.